The number of nitrogens with zero attached hydrogens (tertiary/aromatic N) is 3. The summed E-state index contributed by atoms with van der Waals surface area (Å²) in [6, 6.07) is 0.0321. The highest BCUT2D eigenvalue weighted by Crippen LogP contribution is 2.27. The summed E-state index contributed by atoms with van der Waals surface area (Å²) in [5.41, 5.74) is 0. The summed E-state index contributed by atoms with van der Waals surface area (Å²) in [5.74, 6) is 0.842. The first kappa shape index (κ1) is 15.2. The van der Waals surface area contributed by atoms with Crippen LogP contribution in [-0.2, 0) is 10.0 Å². The molecule has 6 nitrogen and oxygen atoms in total. The Labute approximate surface area is 120 Å². The molecule has 0 amide bonds. The molecule has 1 aliphatic heterocycles. The molecule has 0 radical (unpaired) electrons. The maximum Gasteiger partial charge on any atom is 0.246 e. The molecule has 1 fully saturated rings. The summed E-state index contributed by atoms with van der Waals surface area (Å²) in [6.07, 6.45) is 4.73. The van der Waals surface area contributed by atoms with Crippen molar-refractivity contribution < 1.29 is 8.42 Å². The third-order valence-corrected chi connectivity index (χ3v) is 5.56. The Kier molecular flexibility index (Phi) is 4.59. The molecule has 0 bridgehead atoms. The average molecular weight is 298 g/mol. The maximum absolute atomic E-state index is 12.6. The van der Waals surface area contributed by atoms with E-state index in [1.165, 1.54) is 12.4 Å². The Morgan fingerprint density at radius 3 is 2.55 bits per heavy atom. The second-order valence-corrected chi connectivity index (χ2v) is 7.27. The highest BCUT2D eigenvalue weighted by atomic mass is 32.2. The van der Waals surface area contributed by atoms with Crippen molar-refractivity contribution in [1.29, 1.82) is 0 Å². The van der Waals surface area contributed by atoms with Crippen LogP contribution in [0.1, 0.15) is 33.6 Å². The standard InChI is InChI=1S/C13H22N4O2S/c1-4-14-13-15-7-12(8-16-13)20(18,19)17-9-10(2)5-6-11(17)3/h7-8,10-11H,4-6,9H2,1-3H3,(H,14,15,16). The summed E-state index contributed by atoms with van der Waals surface area (Å²) >= 11 is 0. The third kappa shape index (κ3) is 3.09. The zero-order valence-corrected chi connectivity index (χ0v) is 13.0. The van der Waals surface area contributed by atoms with Crippen LogP contribution >= 0.6 is 0 Å². The number of sulfonamides is 1. The van der Waals surface area contributed by atoms with Crippen molar-refractivity contribution in [3.05, 3.63) is 12.4 Å². The van der Waals surface area contributed by atoms with Gasteiger partial charge in [0.1, 0.15) is 4.90 Å². The predicted octanol–water partition coefficient (Wildman–Crippen LogP) is 1.72. The number of rotatable bonds is 4. The van der Waals surface area contributed by atoms with Gasteiger partial charge in [-0.2, -0.15) is 4.31 Å². The first-order chi connectivity index (χ1) is 9.45. The van der Waals surface area contributed by atoms with E-state index in [4.69, 9.17) is 0 Å². The summed E-state index contributed by atoms with van der Waals surface area (Å²) < 4.78 is 26.9. The quantitative estimate of drug-likeness (QED) is 0.916. The molecular weight excluding hydrogens is 276 g/mol. The maximum atomic E-state index is 12.6. The van der Waals surface area contributed by atoms with E-state index in [-0.39, 0.29) is 10.9 Å². The van der Waals surface area contributed by atoms with Crippen LogP contribution in [0.25, 0.3) is 0 Å². The van der Waals surface area contributed by atoms with E-state index in [1.54, 1.807) is 4.31 Å². The van der Waals surface area contributed by atoms with Gasteiger partial charge < -0.3 is 5.32 Å². The van der Waals surface area contributed by atoms with E-state index in [9.17, 15) is 8.42 Å². The van der Waals surface area contributed by atoms with Gasteiger partial charge in [-0.25, -0.2) is 18.4 Å². The summed E-state index contributed by atoms with van der Waals surface area (Å²) in [4.78, 5) is 8.26. The summed E-state index contributed by atoms with van der Waals surface area (Å²) in [7, 11) is -3.50. The minimum atomic E-state index is -3.50. The Morgan fingerprint density at radius 2 is 1.95 bits per heavy atom. The lowest BCUT2D eigenvalue weighted by Gasteiger charge is -2.35. The summed E-state index contributed by atoms with van der Waals surface area (Å²) in [6.45, 7) is 7.24. The molecule has 0 aliphatic carbocycles. The number of hydrogen-bond donors (Lipinski definition) is 1. The van der Waals surface area contributed by atoms with Crippen molar-refractivity contribution >= 4 is 16.0 Å². The smallest absolute Gasteiger partial charge is 0.246 e. The van der Waals surface area contributed by atoms with Gasteiger partial charge >= 0.3 is 0 Å². The predicted molar refractivity (Wildman–Crippen MR) is 77.9 cm³/mol. The van der Waals surface area contributed by atoms with Gasteiger partial charge in [0.05, 0.1) is 12.4 Å². The molecule has 0 aromatic carbocycles. The molecule has 2 heterocycles. The summed E-state index contributed by atoms with van der Waals surface area (Å²) in [5, 5.41) is 2.95. The van der Waals surface area contributed by atoms with Gasteiger partial charge in [0.2, 0.25) is 16.0 Å². The van der Waals surface area contributed by atoms with E-state index in [2.05, 4.69) is 22.2 Å². The van der Waals surface area contributed by atoms with E-state index < -0.39 is 10.0 Å². The van der Waals surface area contributed by atoms with Crippen molar-refractivity contribution in [2.45, 2.75) is 44.6 Å². The molecule has 1 aliphatic rings. The second-order valence-electron chi connectivity index (χ2n) is 5.38. The van der Waals surface area contributed by atoms with E-state index in [1.807, 2.05) is 13.8 Å². The molecule has 7 heteroatoms. The van der Waals surface area contributed by atoms with Crippen LogP contribution < -0.4 is 5.32 Å². The normalized spacial score (nSPS) is 24.6. The first-order valence-corrected chi connectivity index (χ1v) is 8.47. The fraction of sp³-hybridized carbons (Fsp3) is 0.692. The zero-order valence-electron chi connectivity index (χ0n) is 12.2. The average Bonchev–Trinajstić information content (AvgIpc) is 2.42. The number of anilines is 1. The van der Waals surface area contributed by atoms with Gasteiger partial charge in [-0.3, -0.25) is 0 Å². The van der Waals surface area contributed by atoms with Crippen molar-refractivity contribution in [1.82, 2.24) is 14.3 Å². The minimum Gasteiger partial charge on any atom is -0.355 e. The molecular formula is C13H22N4O2S. The molecule has 2 unspecified atom stereocenters. The van der Waals surface area contributed by atoms with Crippen molar-refractivity contribution in [2.75, 3.05) is 18.4 Å². The van der Waals surface area contributed by atoms with Gasteiger partial charge in [0.15, 0.2) is 0 Å². The Hall–Kier alpha value is -1.21. The Morgan fingerprint density at radius 1 is 1.30 bits per heavy atom. The van der Waals surface area contributed by atoms with E-state index >= 15 is 0 Å². The molecule has 1 aromatic heterocycles. The monoisotopic (exact) mass is 298 g/mol. The number of piperidine rings is 1. The first-order valence-electron chi connectivity index (χ1n) is 7.03. The van der Waals surface area contributed by atoms with E-state index in [0.717, 1.165) is 12.8 Å². The van der Waals surface area contributed by atoms with Gasteiger partial charge in [-0.1, -0.05) is 6.92 Å². The van der Waals surface area contributed by atoms with Crippen molar-refractivity contribution in [3.63, 3.8) is 0 Å². The van der Waals surface area contributed by atoms with Crippen LogP contribution in [0.2, 0.25) is 0 Å². The zero-order chi connectivity index (χ0) is 14.8. The topological polar surface area (TPSA) is 75.2 Å². The van der Waals surface area contributed by atoms with Crippen LogP contribution in [0.4, 0.5) is 5.95 Å². The molecule has 1 saturated heterocycles. The minimum absolute atomic E-state index is 0.0321. The fourth-order valence-corrected chi connectivity index (χ4v) is 4.09. The molecule has 20 heavy (non-hydrogen) atoms. The Balaban J connectivity index is 2.24. The highest BCUT2D eigenvalue weighted by Gasteiger charge is 2.33. The lowest BCUT2D eigenvalue weighted by atomic mass is 9.97. The van der Waals surface area contributed by atoms with Crippen LogP contribution in [0.3, 0.4) is 0 Å². The molecule has 2 atom stereocenters. The van der Waals surface area contributed by atoms with Crippen LogP contribution in [0.15, 0.2) is 17.3 Å². The molecule has 2 rings (SSSR count). The largest absolute Gasteiger partial charge is 0.355 e. The third-order valence-electron chi connectivity index (χ3n) is 3.63. The van der Waals surface area contributed by atoms with Crippen molar-refractivity contribution in [3.8, 4) is 0 Å². The Bertz CT molecular complexity index is 544. The molecule has 0 saturated carbocycles. The molecule has 0 spiro atoms. The molecule has 1 aromatic rings. The van der Waals surface area contributed by atoms with Gasteiger partial charge in [0.25, 0.3) is 0 Å². The van der Waals surface area contributed by atoms with Crippen LogP contribution in [0, 0.1) is 5.92 Å². The van der Waals surface area contributed by atoms with Crippen LogP contribution in [0.5, 0.6) is 0 Å². The number of nitrogens with one attached hydrogen (secondary N) is 1. The van der Waals surface area contributed by atoms with E-state index in [0.29, 0.717) is 25.0 Å². The molecule has 112 valence electrons. The van der Waals surface area contributed by atoms with Gasteiger partial charge in [0, 0.05) is 19.1 Å². The number of hydrogen-bond acceptors (Lipinski definition) is 5. The second kappa shape index (κ2) is 6.05. The lowest BCUT2D eigenvalue weighted by Crippen LogP contribution is -2.44. The highest BCUT2D eigenvalue weighted by molar-refractivity contribution is 7.89. The number of aromatic nitrogens is 2. The van der Waals surface area contributed by atoms with Crippen LogP contribution in [-0.4, -0.2) is 41.8 Å². The molecule has 1 N–H and O–H groups in total. The van der Waals surface area contributed by atoms with Gasteiger partial charge in [-0.15, -0.1) is 0 Å². The van der Waals surface area contributed by atoms with Crippen molar-refractivity contribution in [2.24, 2.45) is 5.92 Å². The lowest BCUT2D eigenvalue weighted by molar-refractivity contribution is 0.218. The van der Waals surface area contributed by atoms with Gasteiger partial charge in [-0.05, 0) is 32.6 Å². The fourth-order valence-electron chi connectivity index (χ4n) is 2.42. The SMILES string of the molecule is CCNc1ncc(S(=O)(=O)N2CC(C)CCC2C)cn1.